The number of carbonyl (C=O) groups is 1. The van der Waals surface area contributed by atoms with Crippen LogP contribution in [0.1, 0.15) is 26.3 Å². The molecule has 0 aliphatic carbocycles. The van der Waals surface area contributed by atoms with Crippen LogP contribution in [0, 0.1) is 4.91 Å². The third-order valence-corrected chi connectivity index (χ3v) is 2.06. The predicted molar refractivity (Wildman–Crippen MR) is 70.7 cm³/mol. The Morgan fingerprint density at radius 3 is 2.72 bits per heavy atom. The zero-order chi connectivity index (χ0) is 13.6. The summed E-state index contributed by atoms with van der Waals surface area (Å²) < 4.78 is 5.14. The van der Waals surface area contributed by atoms with Crippen molar-refractivity contribution in [3.05, 3.63) is 34.7 Å². The van der Waals surface area contributed by atoms with E-state index in [-0.39, 0.29) is 6.54 Å². The lowest BCUT2D eigenvalue weighted by molar-refractivity contribution is 0.0636. The van der Waals surface area contributed by atoms with Gasteiger partial charge in [-0.15, -0.1) is 0 Å². The first kappa shape index (κ1) is 14.2. The molecule has 18 heavy (non-hydrogen) atoms. The third kappa shape index (κ3) is 5.43. The van der Waals surface area contributed by atoms with Gasteiger partial charge in [0.2, 0.25) is 0 Å². The van der Waals surface area contributed by atoms with Gasteiger partial charge < -0.3 is 4.74 Å². The second-order valence-corrected chi connectivity index (χ2v) is 4.93. The molecule has 1 rings (SSSR count). The lowest BCUT2D eigenvalue weighted by Gasteiger charge is -2.19. The molecular formula is C13H18N2O3. The Kier molecular flexibility index (Phi) is 4.83. The number of hydrogen-bond donors (Lipinski definition) is 1. The number of nitroso groups, excluding NO2 is 1. The average Bonchev–Trinajstić information content (AvgIpc) is 2.24. The monoisotopic (exact) mass is 250 g/mol. The quantitative estimate of drug-likeness (QED) is 0.833. The molecule has 0 bridgehead atoms. The average molecular weight is 250 g/mol. The van der Waals surface area contributed by atoms with Crippen molar-refractivity contribution in [3.63, 3.8) is 0 Å². The molecule has 0 fully saturated rings. The van der Waals surface area contributed by atoms with Gasteiger partial charge in [0.25, 0.3) is 0 Å². The number of nitrogens with one attached hydrogen (secondary N) is 1. The topological polar surface area (TPSA) is 67.8 Å². The van der Waals surface area contributed by atoms with Gasteiger partial charge in [0.1, 0.15) is 5.60 Å². The van der Waals surface area contributed by atoms with E-state index in [1.807, 2.05) is 12.1 Å². The molecule has 0 unspecified atom stereocenters. The first-order valence-electron chi connectivity index (χ1n) is 5.79. The maximum absolute atomic E-state index is 11.6. The van der Waals surface area contributed by atoms with Gasteiger partial charge in [-0.2, -0.15) is 4.91 Å². The van der Waals surface area contributed by atoms with Crippen LogP contribution >= 0.6 is 0 Å². The molecule has 5 heteroatoms. The van der Waals surface area contributed by atoms with Crippen LogP contribution in [-0.4, -0.2) is 18.2 Å². The zero-order valence-corrected chi connectivity index (χ0v) is 10.9. The predicted octanol–water partition coefficient (Wildman–Crippen LogP) is 3.34. The van der Waals surface area contributed by atoms with Crippen LogP contribution in [0.25, 0.3) is 0 Å². The summed E-state index contributed by atoms with van der Waals surface area (Å²) in [5.74, 6) is 0. The van der Waals surface area contributed by atoms with Gasteiger partial charge in [-0.1, -0.05) is 17.3 Å². The van der Waals surface area contributed by atoms with Gasteiger partial charge in [0.05, 0.1) is 6.54 Å². The standard InChI is InChI=1S/C13H18N2O3/c1-13(2,3)18-12(16)15-11-6-4-5-10(9-11)7-8-14-17/h4-6,9H,7-8H2,1-3H3,(H,15,16). The smallest absolute Gasteiger partial charge is 0.412 e. The summed E-state index contributed by atoms with van der Waals surface area (Å²) >= 11 is 0. The highest BCUT2D eigenvalue weighted by Gasteiger charge is 2.16. The van der Waals surface area contributed by atoms with Gasteiger partial charge in [-0.05, 0) is 44.9 Å². The number of carbonyl (C=O) groups excluding carboxylic acids is 1. The molecule has 0 aromatic heterocycles. The fourth-order valence-corrected chi connectivity index (χ4v) is 1.40. The van der Waals surface area contributed by atoms with Gasteiger partial charge in [0, 0.05) is 5.69 Å². The minimum absolute atomic E-state index is 0.232. The van der Waals surface area contributed by atoms with Crippen molar-refractivity contribution in [2.75, 3.05) is 11.9 Å². The molecular weight excluding hydrogens is 232 g/mol. The van der Waals surface area contributed by atoms with Crippen LogP contribution < -0.4 is 5.32 Å². The van der Waals surface area contributed by atoms with E-state index in [0.717, 1.165) is 5.56 Å². The maximum Gasteiger partial charge on any atom is 0.412 e. The summed E-state index contributed by atoms with van der Waals surface area (Å²) in [7, 11) is 0. The van der Waals surface area contributed by atoms with Gasteiger partial charge in [-0.3, -0.25) is 5.32 Å². The fraction of sp³-hybridized carbons (Fsp3) is 0.462. The Labute approximate surface area is 107 Å². The number of anilines is 1. The van der Waals surface area contributed by atoms with Gasteiger partial charge >= 0.3 is 6.09 Å². The Bertz CT molecular complexity index is 424. The fourth-order valence-electron chi connectivity index (χ4n) is 1.40. The Balaban J connectivity index is 2.61. The van der Waals surface area contributed by atoms with Crippen molar-refractivity contribution in [2.24, 2.45) is 5.18 Å². The third-order valence-electron chi connectivity index (χ3n) is 2.06. The molecule has 1 amide bonds. The number of hydrogen-bond acceptors (Lipinski definition) is 4. The first-order chi connectivity index (χ1) is 8.40. The molecule has 1 aromatic rings. The lowest BCUT2D eigenvalue weighted by Crippen LogP contribution is -2.27. The van der Waals surface area contributed by atoms with E-state index in [0.29, 0.717) is 12.1 Å². The normalized spacial score (nSPS) is 10.8. The summed E-state index contributed by atoms with van der Waals surface area (Å²) in [6.07, 6.45) is 0.0704. The van der Waals surface area contributed by atoms with E-state index < -0.39 is 11.7 Å². The van der Waals surface area contributed by atoms with Crippen molar-refractivity contribution >= 4 is 11.8 Å². The van der Waals surface area contributed by atoms with Crippen molar-refractivity contribution in [1.29, 1.82) is 0 Å². The van der Waals surface area contributed by atoms with E-state index in [9.17, 15) is 9.70 Å². The largest absolute Gasteiger partial charge is 0.444 e. The molecule has 0 spiro atoms. The highest BCUT2D eigenvalue weighted by molar-refractivity contribution is 5.84. The first-order valence-corrected chi connectivity index (χ1v) is 5.79. The highest BCUT2D eigenvalue weighted by Crippen LogP contribution is 2.14. The van der Waals surface area contributed by atoms with Crippen LogP contribution in [0.5, 0.6) is 0 Å². The molecule has 0 aliphatic rings. The Morgan fingerprint density at radius 2 is 2.11 bits per heavy atom. The molecule has 98 valence electrons. The van der Waals surface area contributed by atoms with E-state index in [2.05, 4.69) is 10.5 Å². The molecule has 0 saturated carbocycles. The lowest BCUT2D eigenvalue weighted by atomic mass is 10.1. The minimum Gasteiger partial charge on any atom is -0.444 e. The number of rotatable bonds is 4. The van der Waals surface area contributed by atoms with Crippen LogP contribution in [0.4, 0.5) is 10.5 Å². The van der Waals surface area contributed by atoms with Gasteiger partial charge in [0.15, 0.2) is 0 Å². The highest BCUT2D eigenvalue weighted by atomic mass is 16.6. The van der Waals surface area contributed by atoms with E-state index in [4.69, 9.17) is 4.74 Å². The zero-order valence-electron chi connectivity index (χ0n) is 10.9. The molecule has 0 radical (unpaired) electrons. The summed E-state index contributed by atoms with van der Waals surface area (Å²) in [5, 5.41) is 5.45. The summed E-state index contributed by atoms with van der Waals surface area (Å²) in [6, 6.07) is 7.26. The second kappa shape index (κ2) is 6.14. The van der Waals surface area contributed by atoms with E-state index in [1.165, 1.54) is 0 Å². The van der Waals surface area contributed by atoms with E-state index >= 15 is 0 Å². The molecule has 1 aromatic carbocycles. The van der Waals surface area contributed by atoms with Crippen molar-refractivity contribution in [1.82, 2.24) is 0 Å². The number of benzene rings is 1. The molecule has 0 atom stereocenters. The van der Waals surface area contributed by atoms with Gasteiger partial charge in [-0.25, -0.2) is 4.79 Å². The van der Waals surface area contributed by atoms with Crippen LogP contribution in [0.3, 0.4) is 0 Å². The Hall–Kier alpha value is -1.91. The van der Waals surface area contributed by atoms with Crippen LogP contribution in [0.15, 0.2) is 29.4 Å². The molecule has 0 aliphatic heterocycles. The maximum atomic E-state index is 11.6. The van der Waals surface area contributed by atoms with Crippen LogP contribution in [-0.2, 0) is 11.2 Å². The molecule has 5 nitrogen and oxygen atoms in total. The second-order valence-electron chi connectivity index (χ2n) is 4.93. The summed E-state index contributed by atoms with van der Waals surface area (Å²) in [4.78, 5) is 21.6. The van der Waals surface area contributed by atoms with Crippen molar-refractivity contribution < 1.29 is 9.53 Å². The van der Waals surface area contributed by atoms with Crippen molar-refractivity contribution in [2.45, 2.75) is 32.8 Å². The number of ether oxygens (including phenoxy) is 1. The SMILES string of the molecule is CC(C)(C)OC(=O)Nc1cccc(CCN=O)c1. The minimum atomic E-state index is -0.525. The molecule has 1 N–H and O–H groups in total. The van der Waals surface area contributed by atoms with Crippen molar-refractivity contribution in [3.8, 4) is 0 Å². The summed E-state index contributed by atoms with van der Waals surface area (Å²) in [6.45, 7) is 5.64. The van der Waals surface area contributed by atoms with E-state index in [1.54, 1.807) is 32.9 Å². The number of amides is 1. The molecule has 0 heterocycles. The van der Waals surface area contributed by atoms with Crippen LogP contribution in [0.2, 0.25) is 0 Å². The number of nitrogens with zero attached hydrogens (tertiary/aromatic N) is 1. The molecule has 0 saturated heterocycles. The summed E-state index contributed by atoms with van der Waals surface area (Å²) in [5.41, 5.74) is 1.07. The Morgan fingerprint density at radius 1 is 1.39 bits per heavy atom.